The number of thiazole rings is 1. The van der Waals surface area contributed by atoms with Crippen molar-refractivity contribution in [3.8, 4) is 17.0 Å². The summed E-state index contributed by atoms with van der Waals surface area (Å²) in [7, 11) is -2.34. The van der Waals surface area contributed by atoms with Crippen molar-refractivity contribution in [3.05, 3.63) is 89.3 Å². The zero-order chi connectivity index (χ0) is 23.7. The van der Waals surface area contributed by atoms with Crippen LogP contribution in [0.3, 0.4) is 0 Å². The summed E-state index contributed by atoms with van der Waals surface area (Å²) in [5.74, 6) is 0.475. The maximum atomic E-state index is 13.1. The number of ether oxygens (including phenoxy) is 1. The number of hydrogen-bond acceptors (Lipinski definition) is 6. The molecule has 172 valence electrons. The number of benzene rings is 3. The Bertz CT molecular complexity index is 1470. The molecule has 1 aliphatic rings. The number of nitrogens with zero attached hydrogens (tertiary/aromatic N) is 2. The summed E-state index contributed by atoms with van der Waals surface area (Å²) in [6.07, 6.45) is 0.871. The van der Waals surface area contributed by atoms with Gasteiger partial charge in [0.2, 0.25) is 0 Å². The molecule has 0 saturated heterocycles. The fraction of sp³-hybridized carbons (Fsp3) is 0.120. The smallest absolute Gasteiger partial charge is 0.264 e. The molecule has 7 nitrogen and oxygen atoms in total. The third-order valence-corrected chi connectivity index (χ3v) is 8.12. The number of anilines is 2. The van der Waals surface area contributed by atoms with Crippen molar-refractivity contribution in [1.82, 2.24) is 4.98 Å². The minimum absolute atomic E-state index is 0.0340. The number of nitrogens with one attached hydrogen (secondary N) is 1. The second-order valence-electron chi connectivity index (χ2n) is 7.75. The van der Waals surface area contributed by atoms with E-state index in [0.29, 0.717) is 17.4 Å². The minimum atomic E-state index is -3.83. The Morgan fingerprint density at radius 1 is 1.06 bits per heavy atom. The maximum absolute atomic E-state index is 13.1. The van der Waals surface area contributed by atoms with Crippen LogP contribution in [0.15, 0.2) is 83.1 Å². The van der Waals surface area contributed by atoms with Crippen molar-refractivity contribution >= 4 is 38.1 Å². The Labute approximate surface area is 201 Å². The quantitative estimate of drug-likeness (QED) is 0.418. The Balaban J connectivity index is 1.34. The van der Waals surface area contributed by atoms with Gasteiger partial charge in [0.25, 0.3) is 15.9 Å². The zero-order valence-electron chi connectivity index (χ0n) is 18.3. The van der Waals surface area contributed by atoms with Gasteiger partial charge in [0.1, 0.15) is 5.75 Å². The number of hydrogen-bond donors (Lipinski definition) is 1. The highest BCUT2D eigenvalue weighted by Gasteiger charge is 2.23. The third-order valence-electron chi connectivity index (χ3n) is 5.58. The van der Waals surface area contributed by atoms with Gasteiger partial charge in [-0.3, -0.25) is 14.4 Å². The molecule has 9 heteroatoms. The largest absolute Gasteiger partial charge is 0.493 e. The van der Waals surface area contributed by atoms with E-state index in [0.717, 1.165) is 29.0 Å². The van der Waals surface area contributed by atoms with Crippen molar-refractivity contribution < 1.29 is 17.9 Å². The van der Waals surface area contributed by atoms with Crippen molar-refractivity contribution in [1.29, 1.82) is 0 Å². The van der Waals surface area contributed by atoms with E-state index in [1.165, 1.54) is 34.8 Å². The topological polar surface area (TPSA) is 88.6 Å². The second-order valence-corrected chi connectivity index (χ2v) is 10.6. The van der Waals surface area contributed by atoms with Crippen molar-refractivity contribution in [3.63, 3.8) is 0 Å². The SMILES string of the molecule is CN(c1ccccc1)S(=O)(=O)c1cccc(C(=O)Nc2nc(-c3ccc4c(c3)CCO4)cs2)c1. The predicted molar refractivity (Wildman–Crippen MR) is 133 cm³/mol. The van der Waals surface area contributed by atoms with Gasteiger partial charge in [-0.2, -0.15) is 0 Å². The van der Waals surface area contributed by atoms with E-state index in [2.05, 4.69) is 16.4 Å². The number of fused-ring (bicyclic) bond motifs is 1. The highest BCUT2D eigenvalue weighted by molar-refractivity contribution is 7.92. The molecule has 0 atom stereocenters. The van der Waals surface area contributed by atoms with E-state index in [1.807, 2.05) is 23.6 Å². The highest BCUT2D eigenvalue weighted by atomic mass is 32.2. The molecule has 1 N–H and O–H groups in total. The molecule has 34 heavy (non-hydrogen) atoms. The summed E-state index contributed by atoms with van der Waals surface area (Å²) >= 11 is 1.31. The molecule has 0 bridgehead atoms. The molecule has 0 aliphatic carbocycles. The van der Waals surface area contributed by atoms with Gasteiger partial charge in [-0.25, -0.2) is 13.4 Å². The first kappa shape index (κ1) is 22.1. The summed E-state index contributed by atoms with van der Waals surface area (Å²) in [5, 5.41) is 5.09. The molecule has 5 rings (SSSR count). The van der Waals surface area contributed by atoms with E-state index in [1.54, 1.807) is 36.4 Å². The number of para-hydroxylation sites is 1. The standard InChI is InChI=1S/C25H21N3O4S2/c1-28(20-7-3-2-4-8-20)34(30,31)21-9-5-6-19(15-21)24(29)27-25-26-22(16-33-25)17-10-11-23-18(14-17)12-13-32-23/h2-11,14-16H,12-13H2,1H3,(H,26,27,29). The molecular weight excluding hydrogens is 470 g/mol. The normalized spacial score (nSPS) is 12.6. The lowest BCUT2D eigenvalue weighted by Gasteiger charge is -2.19. The van der Waals surface area contributed by atoms with Crippen molar-refractivity contribution in [2.45, 2.75) is 11.3 Å². The molecule has 1 amide bonds. The zero-order valence-corrected chi connectivity index (χ0v) is 19.9. The van der Waals surface area contributed by atoms with Gasteiger partial charge in [-0.15, -0.1) is 11.3 Å². The van der Waals surface area contributed by atoms with Crippen LogP contribution in [0.1, 0.15) is 15.9 Å². The molecule has 4 aromatic rings. The Morgan fingerprint density at radius 3 is 2.71 bits per heavy atom. The molecule has 0 unspecified atom stereocenters. The second kappa shape index (κ2) is 8.92. The van der Waals surface area contributed by atoms with E-state index >= 15 is 0 Å². The van der Waals surface area contributed by atoms with Gasteiger partial charge in [0.05, 0.1) is 22.9 Å². The van der Waals surface area contributed by atoms with Gasteiger partial charge in [-0.1, -0.05) is 24.3 Å². The molecule has 2 heterocycles. The van der Waals surface area contributed by atoms with Crippen LogP contribution in [0.25, 0.3) is 11.3 Å². The Kier molecular flexibility index (Phi) is 5.80. The van der Waals surface area contributed by atoms with Crippen LogP contribution in [0.5, 0.6) is 5.75 Å². The molecule has 3 aromatic carbocycles. The van der Waals surface area contributed by atoms with Crippen LogP contribution in [0, 0.1) is 0 Å². The summed E-state index contributed by atoms with van der Waals surface area (Å²) in [6.45, 7) is 0.688. The van der Waals surface area contributed by atoms with Crippen LogP contribution >= 0.6 is 11.3 Å². The summed E-state index contributed by atoms with van der Waals surface area (Å²) in [5.41, 5.74) is 3.63. The van der Waals surface area contributed by atoms with E-state index in [9.17, 15) is 13.2 Å². The van der Waals surface area contributed by atoms with Crippen LogP contribution in [-0.4, -0.2) is 33.0 Å². The number of amides is 1. The lowest BCUT2D eigenvalue weighted by molar-refractivity contribution is 0.102. The number of aromatic nitrogens is 1. The third kappa shape index (κ3) is 4.27. The number of carbonyl (C=O) groups excluding carboxylic acids is 1. The monoisotopic (exact) mass is 491 g/mol. The van der Waals surface area contributed by atoms with Crippen LogP contribution in [0.4, 0.5) is 10.8 Å². The van der Waals surface area contributed by atoms with Crippen LogP contribution < -0.4 is 14.4 Å². The molecule has 0 fully saturated rings. The number of carbonyl (C=O) groups is 1. The number of sulfonamides is 1. The van der Waals surface area contributed by atoms with E-state index in [-0.39, 0.29) is 10.5 Å². The van der Waals surface area contributed by atoms with Gasteiger partial charge < -0.3 is 4.74 Å². The van der Waals surface area contributed by atoms with Gasteiger partial charge in [-0.05, 0) is 54.1 Å². The molecular formula is C25H21N3O4S2. The molecule has 0 spiro atoms. The fourth-order valence-corrected chi connectivity index (χ4v) is 5.67. The fourth-order valence-electron chi connectivity index (χ4n) is 3.71. The van der Waals surface area contributed by atoms with Gasteiger partial charge >= 0.3 is 0 Å². The average Bonchev–Trinajstić information content (AvgIpc) is 3.53. The lowest BCUT2D eigenvalue weighted by atomic mass is 10.1. The van der Waals surface area contributed by atoms with E-state index in [4.69, 9.17) is 4.74 Å². The first-order chi connectivity index (χ1) is 16.4. The van der Waals surface area contributed by atoms with Crippen LogP contribution in [0.2, 0.25) is 0 Å². The molecule has 0 saturated carbocycles. The Morgan fingerprint density at radius 2 is 1.88 bits per heavy atom. The highest BCUT2D eigenvalue weighted by Crippen LogP contribution is 2.32. The lowest BCUT2D eigenvalue weighted by Crippen LogP contribution is -2.26. The van der Waals surface area contributed by atoms with Gasteiger partial charge in [0, 0.05) is 30.0 Å². The van der Waals surface area contributed by atoms with Crippen LogP contribution in [-0.2, 0) is 16.4 Å². The summed E-state index contributed by atoms with van der Waals surface area (Å²) in [4.78, 5) is 17.4. The van der Waals surface area contributed by atoms with Gasteiger partial charge in [0.15, 0.2) is 5.13 Å². The van der Waals surface area contributed by atoms with Crippen molar-refractivity contribution in [2.75, 3.05) is 23.3 Å². The maximum Gasteiger partial charge on any atom is 0.264 e. The molecule has 1 aromatic heterocycles. The molecule has 0 radical (unpaired) electrons. The first-order valence-electron chi connectivity index (χ1n) is 10.6. The first-order valence-corrected chi connectivity index (χ1v) is 12.9. The minimum Gasteiger partial charge on any atom is -0.493 e. The van der Waals surface area contributed by atoms with Crippen molar-refractivity contribution in [2.24, 2.45) is 0 Å². The number of rotatable bonds is 6. The Hall–Kier alpha value is -3.69. The average molecular weight is 492 g/mol. The predicted octanol–water partition coefficient (Wildman–Crippen LogP) is 4.82. The summed E-state index contributed by atoms with van der Waals surface area (Å²) < 4.78 is 32.9. The van der Waals surface area contributed by atoms with E-state index < -0.39 is 15.9 Å². The molecule has 1 aliphatic heterocycles. The summed E-state index contributed by atoms with van der Waals surface area (Å²) in [6, 6.07) is 20.7.